The summed E-state index contributed by atoms with van der Waals surface area (Å²) < 4.78 is 25.1. The molecule has 2 N–H and O–H groups in total. The summed E-state index contributed by atoms with van der Waals surface area (Å²) in [7, 11) is -6.66. The number of hydrogen-bond acceptors (Lipinski definition) is 4. The van der Waals surface area contributed by atoms with Crippen molar-refractivity contribution < 1.29 is 13.0 Å². The minimum atomic E-state index is -2.93. The quantitative estimate of drug-likeness (QED) is 0.174. The van der Waals surface area contributed by atoms with Gasteiger partial charge in [0.2, 0.25) is 0 Å². The van der Waals surface area contributed by atoms with Gasteiger partial charge in [0, 0.05) is 6.16 Å². The fourth-order valence-electron chi connectivity index (χ4n) is 2.81. The lowest BCUT2D eigenvalue weighted by Gasteiger charge is -2.31. The van der Waals surface area contributed by atoms with E-state index in [0.717, 1.165) is 19.4 Å². The van der Waals surface area contributed by atoms with Crippen molar-refractivity contribution in [2.75, 3.05) is 12.7 Å². The van der Waals surface area contributed by atoms with Crippen molar-refractivity contribution >= 4 is 24.2 Å². The molecule has 0 fully saturated rings. The summed E-state index contributed by atoms with van der Waals surface area (Å²) in [6, 6.07) is 0. The van der Waals surface area contributed by atoms with Crippen molar-refractivity contribution in [2.45, 2.75) is 103 Å². The van der Waals surface area contributed by atoms with E-state index in [1.54, 1.807) is 0 Å². The van der Waals surface area contributed by atoms with E-state index in [-0.39, 0.29) is 0 Å². The van der Waals surface area contributed by atoms with Crippen LogP contribution in [0.1, 0.15) is 64.2 Å². The second-order valence-corrected chi connectivity index (χ2v) is 20.6. The fourth-order valence-corrected chi connectivity index (χ4v) is 11.3. The summed E-state index contributed by atoms with van der Waals surface area (Å²) in [4.78, 5) is 0. The van der Waals surface area contributed by atoms with Gasteiger partial charge in [0.1, 0.15) is 0 Å². The van der Waals surface area contributed by atoms with E-state index in [1.807, 2.05) is 0 Å². The van der Waals surface area contributed by atoms with Crippen molar-refractivity contribution in [3.8, 4) is 0 Å². The topological polar surface area (TPSA) is 61.5 Å². The van der Waals surface area contributed by atoms with Gasteiger partial charge in [-0.15, -0.1) is 0 Å². The minimum Gasteiger partial charge on any atom is -0.352 e. The van der Waals surface area contributed by atoms with Crippen molar-refractivity contribution in [1.29, 1.82) is 0 Å². The highest BCUT2D eigenvalue weighted by molar-refractivity contribution is 7.57. The Hall–Kier alpha value is 0.544. The Morgan fingerprint density at radius 1 is 0.640 bits per heavy atom. The van der Waals surface area contributed by atoms with Crippen molar-refractivity contribution in [2.24, 2.45) is 5.73 Å². The number of hydrogen-bond donors (Lipinski definition) is 1. The van der Waals surface area contributed by atoms with Gasteiger partial charge in [-0.3, -0.25) is 4.57 Å². The molecule has 25 heavy (non-hydrogen) atoms. The third-order valence-electron chi connectivity index (χ3n) is 3.71. The van der Waals surface area contributed by atoms with Gasteiger partial charge in [-0.05, 0) is 58.7 Å². The summed E-state index contributed by atoms with van der Waals surface area (Å²) in [6.45, 7) is 13.3. The highest BCUT2D eigenvalue weighted by atomic mass is 31.2. The standard InChI is InChI=1S/C18H44NO3PSi2/c1-24(2,3)21-23(20,22-25(4,5)6)18-16-14-12-10-8-7-9-11-13-15-17-19/h7-19H2,1-6H3. The predicted molar refractivity (Wildman–Crippen MR) is 117 cm³/mol. The lowest BCUT2D eigenvalue weighted by atomic mass is 10.1. The van der Waals surface area contributed by atoms with Gasteiger partial charge >= 0.3 is 7.60 Å². The van der Waals surface area contributed by atoms with Gasteiger partial charge in [0.15, 0.2) is 16.6 Å². The molecular formula is C18H44NO3PSi2. The zero-order valence-corrected chi connectivity index (χ0v) is 20.6. The molecule has 0 spiro atoms. The highest BCUT2D eigenvalue weighted by Gasteiger charge is 2.35. The smallest absolute Gasteiger partial charge is 0.311 e. The summed E-state index contributed by atoms with van der Waals surface area (Å²) in [6.07, 6.45) is 12.9. The SMILES string of the molecule is C[Si](C)(C)OP(=O)(CCCCCCCCCCCCN)O[Si](C)(C)C. The van der Waals surface area contributed by atoms with Crippen LogP contribution >= 0.6 is 7.60 Å². The fraction of sp³-hybridized carbons (Fsp3) is 1.00. The lowest BCUT2D eigenvalue weighted by Crippen LogP contribution is -2.30. The molecule has 0 saturated carbocycles. The number of unbranched alkanes of at least 4 members (excludes halogenated alkanes) is 9. The van der Waals surface area contributed by atoms with E-state index in [4.69, 9.17) is 14.2 Å². The maximum absolute atomic E-state index is 13.1. The Labute approximate surface area is 159 Å². The van der Waals surface area contributed by atoms with Crippen LogP contribution in [0.5, 0.6) is 0 Å². The maximum atomic E-state index is 13.1. The van der Waals surface area contributed by atoms with Crippen molar-refractivity contribution in [3.05, 3.63) is 0 Å². The Morgan fingerprint density at radius 3 is 1.28 bits per heavy atom. The highest BCUT2D eigenvalue weighted by Crippen LogP contribution is 2.53. The first-order valence-electron chi connectivity index (χ1n) is 10.2. The molecule has 0 aliphatic rings. The third-order valence-corrected chi connectivity index (χ3v) is 11.2. The molecule has 0 aliphatic heterocycles. The van der Waals surface area contributed by atoms with Crippen LogP contribution in [-0.2, 0) is 13.0 Å². The molecule has 152 valence electrons. The average Bonchev–Trinajstić information content (AvgIpc) is 2.40. The molecule has 0 saturated heterocycles. The lowest BCUT2D eigenvalue weighted by molar-refractivity contribution is 0.380. The van der Waals surface area contributed by atoms with Gasteiger partial charge in [-0.1, -0.05) is 51.4 Å². The molecule has 0 aromatic rings. The molecule has 0 bridgehead atoms. The van der Waals surface area contributed by atoms with Crippen LogP contribution in [0.15, 0.2) is 0 Å². The molecule has 0 heterocycles. The normalized spacial score (nSPS) is 13.4. The largest absolute Gasteiger partial charge is 0.352 e. The van der Waals surface area contributed by atoms with Gasteiger partial charge < -0.3 is 14.2 Å². The minimum absolute atomic E-state index is 0.584. The summed E-state index contributed by atoms with van der Waals surface area (Å²) in [5, 5.41) is 0. The molecule has 0 rings (SSSR count). The first-order valence-corrected chi connectivity index (χ1v) is 18.7. The molecule has 0 atom stereocenters. The molecule has 0 aromatic heterocycles. The van der Waals surface area contributed by atoms with E-state index in [0.29, 0.717) is 6.16 Å². The van der Waals surface area contributed by atoms with Crippen LogP contribution in [-0.4, -0.2) is 29.3 Å². The van der Waals surface area contributed by atoms with Gasteiger partial charge in [-0.2, -0.15) is 0 Å². The Kier molecular flexibility index (Phi) is 13.1. The zero-order valence-electron chi connectivity index (χ0n) is 17.7. The second-order valence-electron chi connectivity index (χ2n) is 9.07. The van der Waals surface area contributed by atoms with Crippen LogP contribution in [0.25, 0.3) is 0 Å². The molecule has 0 amide bonds. The first kappa shape index (κ1) is 25.5. The van der Waals surface area contributed by atoms with E-state index >= 15 is 0 Å². The second kappa shape index (κ2) is 12.8. The summed E-state index contributed by atoms with van der Waals surface area (Å²) in [5.41, 5.74) is 5.50. The summed E-state index contributed by atoms with van der Waals surface area (Å²) in [5.74, 6) is 0. The maximum Gasteiger partial charge on any atom is 0.311 e. The number of nitrogens with two attached hydrogens (primary N) is 1. The molecule has 4 nitrogen and oxygen atoms in total. The van der Waals surface area contributed by atoms with Gasteiger partial charge in [0.05, 0.1) is 0 Å². The van der Waals surface area contributed by atoms with Crippen LogP contribution in [0.3, 0.4) is 0 Å². The van der Waals surface area contributed by atoms with E-state index in [1.165, 1.54) is 51.4 Å². The summed E-state index contributed by atoms with van der Waals surface area (Å²) >= 11 is 0. The Morgan fingerprint density at radius 2 is 0.960 bits per heavy atom. The molecular weight excluding hydrogens is 365 g/mol. The average molecular weight is 410 g/mol. The van der Waals surface area contributed by atoms with Gasteiger partial charge in [-0.25, -0.2) is 0 Å². The van der Waals surface area contributed by atoms with E-state index in [2.05, 4.69) is 39.3 Å². The Balaban J connectivity index is 3.94. The van der Waals surface area contributed by atoms with Crippen LogP contribution < -0.4 is 5.73 Å². The first-order chi connectivity index (χ1) is 11.5. The number of rotatable bonds is 16. The zero-order chi connectivity index (χ0) is 19.4. The molecule has 0 radical (unpaired) electrons. The van der Waals surface area contributed by atoms with Crippen LogP contribution in [0.4, 0.5) is 0 Å². The van der Waals surface area contributed by atoms with Gasteiger partial charge in [0.25, 0.3) is 0 Å². The van der Waals surface area contributed by atoms with E-state index in [9.17, 15) is 4.57 Å². The van der Waals surface area contributed by atoms with Crippen molar-refractivity contribution in [3.63, 3.8) is 0 Å². The Bertz CT molecular complexity index is 361. The molecule has 7 heteroatoms. The predicted octanol–water partition coefficient (Wildman–Crippen LogP) is 6.74. The monoisotopic (exact) mass is 409 g/mol. The van der Waals surface area contributed by atoms with Crippen molar-refractivity contribution in [1.82, 2.24) is 0 Å². The van der Waals surface area contributed by atoms with Crippen LogP contribution in [0, 0.1) is 0 Å². The molecule has 0 aliphatic carbocycles. The third kappa shape index (κ3) is 17.7. The molecule has 0 aromatic carbocycles. The van der Waals surface area contributed by atoms with Crippen LogP contribution in [0.2, 0.25) is 39.3 Å². The van der Waals surface area contributed by atoms with E-state index < -0.39 is 24.2 Å². The molecule has 0 unspecified atom stereocenters.